The summed E-state index contributed by atoms with van der Waals surface area (Å²) >= 11 is 0. The molecule has 1 aliphatic heterocycles. The summed E-state index contributed by atoms with van der Waals surface area (Å²) in [6.07, 6.45) is -0.000375. The Balaban J connectivity index is 2.92. The van der Waals surface area contributed by atoms with Gasteiger partial charge in [-0.2, -0.15) is 0 Å². The summed E-state index contributed by atoms with van der Waals surface area (Å²) in [5.74, 6) is -0.812. The van der Waals surface area contributed by atoms with Crippen molar-refractivity contribution in [2.24, 2.45) is 0 Å². The molecule has 0 aromatic carbocycles. The van der Waals surface area contributed by atoms with Crippen molar-refractivity contribution in [2.45, 2.75) is 65.1 Å². The van der Waals surface area contributed by atoms with Crippen molar-refractivity contribution in [3.05, 3.63) is 23.8 Å². The van der Waals surface area contributed by atoms with Crippen LogP contribution in [0.25, 0.3) is 0 Å². The summed E-state index contributed by atoms with van der Waals surface area (Å²) in [7, 11) is 1.25. The van der Waals surface area contributed by atoms with Crippen molar-refractivity contribution in [3.8, 4) is 0 Å². The third kappa shape index (κ3) is 5.80. The zero-order chi connectivity index (χ0) is 17.8. The molecule has 1 saturated heterocycles. The smallest absolute Gasteiger partial charge is 0.438 e. The molecule has 0 aromatic heterocycles. The molecule has 0 aromatic rings. The molecule has 6 nitrogen and oxygen atoms in total. The predicted molar refractivity (Wildman–Crippen MR) is 85.0 cm³/mol. The Morgan fingerprint density at radius 1 is 1.26 bits per heavy atom. The summed E-state index contributed by atoms with van der Waals surface area (Å²) in [6.45, 7) is 12.4. The second kappa shape index (κ2) is 7.75. The lowest BCUT2D eigenvalue weighted by atomic mass is 10.0. The van der Waals surface area contributed by atoms with Gasteiger partial charge in [-0.15, -0.1) is 0 Å². The largest absolute Gasteiger partial charge is 0.508 e. The van der Waals surface area contributed by atoms with E-state index in [4.69, 9.17) is 14.2 Å². The number of methoxy groups -OCH3 is 1. The molecule has 0 N–H and O–H groups in total. The van der Waals surface area contributed by atoms with Crippen LogP contribution in [0.3, 0.4) is 0 Å². The second-order valence-electron chi connectivity index (χ2n) is 6.19. The third-order valence-corrected chi connectivity index (χ3v) is 3.59. The lowest BCUT2D eigenvalue weighted by molar-refractivity contribution is -0.145. The summed E-state index contributed by atoms with van der Waals surface area (Å²) in [6, 6.07) is 0. The molecule has 0 amide bonds. The first-order chi connectivity index (χ1) is 10.6. The Kier molecular flexibility index (Phi) is 6.53. The van der Waals surface area contributed by atoms with E-state index in [1.807, 2.05) is 0 Å². The average Bonchev–Trinajstić information content (AvgIpc) is 2.71. The van der Waals surface area contributed by atoms with Gasteiger partial charge >= 0.3 is 6.16 Å². The molecule has 0 aliphatic carbocycles. The molecule has 0 unspecified atom stereocenters. The van der Waals surface area contributed by atoms with Crippen molar-refractivity contribution in [3.63, 3.8) is 0 Å². The summed E-state index contributed by atoms with van der Waals surface area (Å²) < 4.78 is 21.5. The first kappa shape index (κ1) is 19.4. The topological polar surface area (TPSA) is 71.1 Å². The Morgan fingerprint density at radius 3 is 2.35 bits per heavy atom. The molecule has 1 heterocycles. The molecule has 3 atom stereocenters. The number of carbonyl (C=O) groups excluding carboxylic acids is 2. The zero-order valence-electron chi connectivity index (χ0n) is 14.7. The standard InChI is InChI=1S/C17H26O6/c1-10(2)13(21-16(19)20-7)9-15-14(8-11(3)12(4)18)22-17(5,6)23-15/h8,13-15H,1,9H2,2-7H3/b11-8+/t13-,14+,15+/m1/s1. The average molecular weight is 326 g/mol. The van der Waals surface area contributed by atoms with Crippen molar-refractivity contribution in [1.29, 1.82) is 0 Å². The van der Waals surface area contributed by atoms with Gasteiger partial charge in [-0.3, -0.25) is 4.79 Å². The van der Waals surface area contributed by atoms with Gasteiger partial charge in [0.05, 0.1) is 13.2 Å². The van der Waals surface area contributed by atoms with Gasteiger partial charge in [0.15, 0.2) is 11.6 Å². The Bertz CT molecular complexity index is 505. The highest BCUT2D eigenvalue weighted by Crippen LogP contribution is 2.33. The molecule has 1 rings (SSSR count). The molecule has 1 aliphatic rings. The van der Waals surface area contributed by atoms with E-state index in [1.165, 1.54) is 14.0 Å². The van der Waals surface area contributed by atoms with Crippen LogP contribution in [0, 0.1) is 0 Å². The molecule has 23 heavy (non-hydrogen) atoms. The van der Waals surface area contributed by atoms with Gasteiger partial charge in [0, 0.05) is 6.42 Å². The Labute approximate surface area is 137 Å². The SMILES string of the molecule is C=C(C)[C@@H](C[C@@H]1OC(C)(C)O[C@H]1/C=C(\C)C(C)=O)OC(=O)OC. The fourth-order valence-electron chi connectivity index (χ4n) is 2.28. The summed E-state index contributed by atoms with van der Waals surface area (Å²) in [5.41, 5.74) is 1.27. The zero-order valence-corrected chi connectivity index (χ0v) is 14.7. The highest BCUT2D eigenvalue weighted by atomic mass is 16.8. The van der Waals surface area contributed by atoms with Gasteiger partial charge in [-0.05, 0) is 51.8 Å². The van der Waals surface area contributed by atoms with Crippen LogP contribution in [0.4, 0.5) is 4.79 Å². The fourth-order valence-corrected chi connectivity index (χ4v) is 2.28. The normalized spacial score (nSPS) is 24.9. The molecular weight excluding hydrogens is 300 g/mol. The minimum atomic E-state index is -0.784. The van der Waals surface area contributed by atoms with E-state index < -0.39 is 24.2 Å². The van der Waals surface area contributed by atoms with Gasteiger partial charge in [0.2, 0.25) is 0 Å². The quantitative estimate of drug-likeness (QED) is 0.424. The first-order valence-corrected chi connectivity index (χ1v) is 7.50. The minimum absolute atomic E-state index is 0.0284. The summed E-state index contributed by atoms with van der Waals surface area (Å²) in [5, 5.41) is 0. The van der Waals surface area contributed by atoms with Crippen LogP contribution >= 0.6 is 0 Å². The number of rotatable bonds is 6. The molecule has 0 spiro atoms. The van der Waals surface area contributed by atoms with E-state index in [0.29, 0.717) is 17.6 Å². The molecule has 130 valence electrons. The van der Waals surface area contributed by atoms with Gasteiger partial charge in [0.1, 0.15) is 12.2 Å². The Morgan fingerprint density at radius 2 is 1.87 bits per heavy atom. The maximum absolute atomic E-state index is 11.4. The lowest BCUT2D eigenvalue weighted by Crippen LogP contribution is -2.30. The van der Waals surface area contributed by atoms with Gasteiger partial charge in [-0.25, -0.2) is 4.79 Å². The highest BCUT2D eigenvalue weighted by Gasteiger charge is 2.42. The van der Waals surface area contributed by atoms with Gasteiger partial charge < -0.3 is 18.9 Å². The maximum atomic E-state index is 11.4. The lowest BCUT2D eigenvalue weighted by Gasteiger charge is -2.22. The van der Waals surface area contributed by atoms with Crippen LogP contribution < -0.4 is 0 Å². The molecular formula is C17H26O6. The molecule has 0 saturated carbocycles. The number of carbonyl (C=O) groups is 2. The van der Waals surface area contributed by atoms with Crippen LogP contribution in [0.1, 0.15) is 41.0 Å². The predicted octanol–water partition coefficient (Wildman–Crippen LogP) is 3.16. The van der Waals surface area contributed by atoms with Crippen molar-refractivity contribution in [2.75, 3.05) is 7.11 Å². The van der Waals surface area contributed by atoms with Crippen molar-refractivity contribution in [1.82, 2.24) is 0 Å². The van der Waals surface area contributed by atoms with E-state index in [1.54, 1.807) is 33.8 Å². The third-order valence-electron chi connectivity index (χ3n) is 3.59. The summed E-state index contributed by atoms with van der Waals surface area (Å²) in [4.78, 5) is 22.8. The number of Topliss-reactive ketones (excluding diaryl/α,β-unsaturated/α-hetero) is 1. The van der Waals surface area contributed by atoms with Crippen LogP contribution in [-0.2, 0) is 23.7 Å². The van der Waals surface area contributed by atoms with Gasteiger partial charge in [-0.1, -0.05) is 6.58 Å². The number of ether oxygens (including phenoxy) is 4. The second-order valence-corrected chi connectivity index (χ2v) is 6.19. The number of hydrogen-bond acceptors (Lipinski definition) is 6. The monoisotopic (exact) mass is 326 g/mol. The fraction of sp³-hybridized carbons (Fsp3) is 0.647. The van der Waals surface area contributed by atoms with Crippen molar-refractivity contribution >= 4 is 11.9 Å². The van der Waals surface area contributed by atoms with Gasteiger partial charge in [0.25, 0.3) is 0 Å². The molecule has 0 bridgehead atoms. The van der Waals surface area contributed by atoms with E-state index in [9.17, 15) is 9.59 Å². The van der Waals surface area contributed by atoms with E-state index >= 15 is 0 Å². The minimum Gasteiger partial charge on any atom is -0.438 e. The van der Waals surface area contributed by atoms with Crippen LogP contribution in [0.2, 0.25) is 0 Å². The van der Waals surface area contributed by atoms with Crippen molar-refractivity contribution < 1.29 is 28.5 Å². The Hall–Kier alpha value is -1.66. The van der Waals surface area contributed by atoms with E-state index in [2.05, 4.69) is 11.3 Å². The van der Waals surface area contributed by atoms with E-state index in [-0.39, 0.29) is 11.9 Å². The highest BCUT2D eigenvalue weighted by molar-refractivity contribution is 5.92. The number of hydrogen-bond donors (Lipinski definition) is 0. The molecule has 0 radical (unpaired) electrons. The van der Waals surface area contributed by atoms with E-state index in [0.717, 1.165) is 0 Å². The number of ketones is 1. The van der Waals surface area contributed by atoms with Crippen LogP contribution in [0.5, 0.6) is 0 Å². The van der Waals surface area contributed by atoms with Crippen LogP contribution in [-0.4, -0.2) is 43.1 Å². The molecule has 1 fully saturated rings. The number of allylic oxidation sites excluding steroid dienone is 1. The molecule has 6 heteroatoms. The first-order valence-electron chi connectivity index (χ1n) is 7.50. The van der Waals surface area contributed by atoms with Crippen LogP contribution in [0.15, 0.2) is 23.8 Å². The maximum Gasteiger partial charge on any atom is 0.508 e.